The number of rotatable bonds is 3. The Kier molecular flexibility index (Phi) is 2.37. The molecule has 0 saturated carbocycles. The van der Waals surface area contributed by atoms with Gasteiger partial charge in [0.25, 0.3) is 0 Å². The van der Waals surface area contributed by atoms with Crippen LogP contribution in [0.4, 0.5) is 5.69 Å². The van der Waals surface area contributed by atoms with E-state index in [9.17, 15) is 4.79 Å². The Morgan fingerprint density at radius 3 is 2.80 bits per heavy atom. The smallest absolute Gasteiger partial charge is 0.322 e. The zero-order valence-electron chi connectivity index (χ0n) is 8.24. The zero-order chi connectivity index (χ0) is 10.8. The van der Waals surface area contributed by atoms with Crippen LogP contribution in [0, 0.1) is 6.92 Å². The second-order valence-corrected chi connectivity index (χ2v) is 3.27. The highest BCUT2D eigenvalue weighted by molar-refractivity contribution is 5.74. The van der Waals surface area contributed by atoms with Crippen LogP contribution in [0.15, 0.2) is 12.1 Å². The molecule has 1 aliphatic heterocycles. The first kappa shape index (κ1) is 9.64. The molecule has 1 aromatic rings. The number of aryl methyl sites for hydroxylation is 1. The Morgan fingerprint density at radius 2 is 2.13 bits per heavy atom. The molecular weight excluding hydrogens is 198 g/mol. The van der Waals surface area contributed by atoms with Crippen LogP contribution >= 0.6 is 0 Å². The van der Waals surface area contributed by atoms with Crippen molar-refractivity contribution in [3.8, 4) is 11.5 Å². The van der Waals surface area contributed by atoms with Gasteiger partial charge in [0.05, 0.1) is 0 Å². The van der Waals surface area contributed by atoms with Gasteiger partial charge in [0.15, 0.2) is 11.5 Å². The predicted octanol–water partition coefficient (Wildman–Crippen LogP) is 1.22. The second kappa shape index (κ2) is 3.68. The van der Waals surface area contributed by atoms with E-state index in [0.717, 1.165) is 11.3 Å². The van der Waals surface area contributed by atoms with Crippen LogP contribution in [0.2, 0.25) is 0 Å². The zero-order valence-corrected chi connectivity index (χ0v) is 8.24. The molecule has 0 aromatic heterocycles. The van der Waals surface area contributed by atoms with E-state index >= 15 is 0 Å². The highest BCUT2D eigenvalue weighted by Gasteiger charge is 2.15. The number of nitrogens with one attached hydrogen (secondary N) is 1. The minimum atomic E-state index is -0.896. The quantitative estimate of drug-likeness (QED) is 0.783. The molecule has 80 valence electrons. The van der Waals surface area contributed by atoms with Crippen molar-refractivity contribution in [2.45, 2.75) is 6.92 Å². The maximum absolute atomic E-state index is 10.4. The van der Waals surface area contributed by atoms with Crippen molar-refractivity contribution in [1.82, 2.24) is 0 Å². The molecule has 2 N–H and O–H groups in total. The third-order valence-electron chi connectivity index (χ3n) is 2.15. The molecule has 1 aliphatic rings. The van der Waals surface area contributed by atoms with Crippen LogP contribution in [-0.4, -0.2) is 24.4 Å². The van der Waals surface area contributed by atoms with Crippen molar-refractivity contribution in [3.63, 3.8) is 0 Å². The summed E-state index contributed by atoms with van der Waals surface area (Å²) in [6, 6.07) is 3.58. The first-order chi connectivity index (χ1) is 7.16. The van der Waals surface area contributed by atoms with E-state index in [4.69, 9.17) is 14.6 Å². The van der Waals surface area contributed by atoms with Gasteiger partial charge in [0, 0.05) is 11.8 Å². The van der Waals surface area contributed by atoms with Crippen molar-refractivity contribution < 1.29 is 19.4 Å². The van der Waals surface area contributed by atoms with Crippen molar-refractivity contribution in [2.75, 3.05) is 18.7 Å². The fraction of sp³-hybridized carbons (Fsp3) is 0.300. The molecule has 1 heterocycles. The van der Waals surface area contributed by atoms with Gasteiger partial charge >= 0.3 is 5.97 Å². The lowest BCUT2D eigenvalue weighted by Crippen LogP contribution is -2.12. The summed E-state index contributed by atoms with van der Waals surface area (Å²) in [7, 11) is 0. The van der Waals surface area contributed by atoms with Gasteiger partial charge in [-0.15, -0.1) is 0 Å². The SMILES string of the molecule is Cc1cc2c(cc1NCC(=O)O)OCO2. The third kappa shape index (κ3) is 1.96. The Bertz CT molecular complexity index is 403. The largest absolute Gasteiger partial charge is 0.480 e. The summed E-state index contributed by atoms with van der Waals surface area (Å²) >= 11 is 0. The van der Waals surface area contributed by atoms with Crippen LogP contribution in [0.3, 0.4) is 0 Å². The van der Waals surface area contributed by atoms with Gasteiger partial charge in [0.1, 0.15) is 6.54 Å². The summed E-state index contributed by atoms with van der Waals surface area (Å²) in [6.45, 7) is 1.99. The third-order valence-corrected chi connectivity index (χ3v) is 2.15. The molecular formula is C10H11NO4. The minimum Gasteiger partial charge on any atom is -0.480 e. The van der Waals surface area contributed by atoms with Gasteiger partial charge in [-0.3, -0.25) is 4.79 Å². The Balaban J connectivity index is 2.21. The number of anilines is 1. The van der Waals surface area contributed by atoms with Gasteiger partial charge in [-0.25, -0.2) is 0 Å². The van der Waals surface area contributed by atoms with E-state index < -0.39 is 5.97 Å². The van der Waals surface area contributed by atoms with E-state index in [1.165, 1.54) is 0 Å². The monoisotopic (exact) mass is 209 g/mol. The van der Waals surface area contributed by atoms with Gasteiger partial charge in [0.2, 0.25) is 6.79 Å². The molecule has 0 saturated heterocycles. The number of carboxylic acids is 1. The first-order valence-electron chi connectivity index (χ1n) is 4.53. The average Bonchev–Trinajstić information content (AvgIpc) is 2.60. The molecule has 0 aliphatic carbocycles. The van der Waals surface area contributed by atoms with Gasteiger partial charge in [-0.05, 0) is 18.6 Å². The second-order valence-electron chi connectivity index (χ2n) is 3.27. The molecule has 0 atom stereocenters. The molecule has 0 radical (unpaired) electrons. The van der Waals surface area contributed by atoms with Crippen LogP contribution in [0.25, 0.3) is 0 Å². The van der Waals surface area contributed by atoms with E-state index in [1.807, 2.05) is 13.0 Å². The lowest BCUT2D eigenvalue weighted by Gasteiger charge is -2.08. The van der Waals surface area contributed by atoms with Gasteiger partial charge in [-0.1, -0.05) is 0 Å². The van der Waals surface area contributed by atoms with Gasteiger partial charge in [-0.2, -0.15) is 0 Å². The number of hydrogen-bond donors (Lipinski definition) is 2. The number of carbonyl (C=O) groups is 1. The molecule has 0 fully saturated rings. The maximum atomic E-state index is 10.4. The summed E-state index contributed by atoms with van der Waals surface area (Å²) in [6.07, 6.45) is 0. The van der Waals surface area contributed by atoms with E-state index in [2.05, 4.69) is 5.32 Å². The molecule has 0 bridgehead atoms. The number of hydrogen-bond acceptors (Lipinski definition) is 4. The molecule has 0 unspecified atom stereocenters. The molecule has 2 rings (SSSR count). The highest BCUT2D eigenvalue weighted by atomic mass is 16.7. The molecule has 15 heavy (non-hydrogen) atoms. The lowest BCUT2D eigenvalue weighted by molar-refractivity contribution is -0.134. The van der Waals surface area contributed by atoms with Crippen LogP contribution in [0.1, 0.15) is 5.56 Å². The van der Waals surface area contributed by atoms with Crippen LogP contribution in [-0.2, 0) is 4.79 Å². The normalized spacial score (nSPS) is 12.6. The lowest BCUT2D eigenvalue weighted by atomic mass is 10.2. The van der Waals surface area contributed by atoms with Crippen molar-refractivity contribution in [2.24, 2.45) is 0 Å². The van der Waals surface area contributed by atoms with E-state index in [-0.39, 0.29) is 13.3 Å². The van der Waals surface area contributed by atoms with Crippen molar-refractivity contribution >= 4 is 11.7 Å². The summed E-state index contributed by atoms with van der Waals surface area (Å²) in [5.41, 5.74) is 1.68. The summed E-state index contributed by atoms with van der Waals surface area (Å²) in [4.78, 5) is 10.4. The van der Waals surface area contributed by atoms with Crippen LogP contribution in [0.5, 0.6) is 11.5 Å². The van der Waals surface area contributed by atoms with Crippen molar-refractivity contribution in [1.29, 1.82) is 0 Å². The number of aliphatic carboxylic acids is 1. The Morgan fingerprint density at radius 1 is 1.47 bits per heavy atom. The average molecular weight is 209 g/mol. The number of ether oxygens (including phenoxy) is 2. The molecule has 5 nitrogen and oxygen atoms in total. The molecule has 5 heteroatoms. The number of benzene rings is 1. The topological polar surface area (TPSA) is 67.8 Å². The highest BCUT2D eigenvalue weighted by Crippen LogP contribution is 2.36. The summed E-state index contributed by atoms with van der Waals surface area (Å²) in [5.74, 6) is 0.453. The predicted molar refractivity (Wildman–Crippen MR) is 53.4 cm³/mol. The number of fused-ring (bicyclic) bond motifs is 1. The maximum Gasteiger partial charge on any atom is 0.322 e. The number of carboxylic acid groups (broad SMARTS) is 1. The summed E-state index contributed by atoms with van der Waals surface area (Å²) in [5, 5.41) is 11.3. The molecule has 1 aromatic carbocycles. The van der Waals surface area contributed by atoms with Crippen molar-refractivity contribution in [3.05, 3.63) is 17.7 Å². The van der Waals surface area contributed by atoms with E-state index in [0.29, 0.717) is 11.5 Å². The van der Waals surface area contributed by atoms with E-state index in [1.54, 1.807) is 6.07 Å². The van der Waals surface area contributed by atoms with Crippen LogP contribution < -0.4 is 14.8 Å². The minimum absolute atomic E-state index is 0.111. The summed E-state index contributed by atoms with van der Waals surface area (Å²) < 4.78 is 10.4. The molecule has 0 spiro atoms. The standard InChI is InChI=1S/C10H11NO4/c1-6-2-8-9(15-5-14-8)3-7(6)11-4-10(12)13/h2-3,11H,4-5H2,1H3,(H,12,13). The fourth-order valence-corrected chi connectivity index (χ4v) is 1.40. The fourth-order valence-electron chi connectivity index (χ4n) is 1.40. The van der Waals surface area contributed by atoms with Gasteiger partial charge < -0.3 is 19.9 Å². The Hall–Kier alpha value is -1.91. The molecule has 0 amide bonds. The first-order valence-corrected chi connectivity index (χ1v) is 4.53. The Labute approximate surface area is 86.6 Å².